The number of Topliss-reactive ketones (excluding diaryl/α,β-unsaturated/α-hetero) is 1. The molecular weight excluding hydrogens is 572 g/mol. The summed E-state index contributed by atoms with van der Waals surface area (Å²) in [5.74, 6) is 2.08. The van der Waals surface area contributed by atoms with Crippen LogP contribution in [0, 0.1) is 39.4 Å². The van der Waals surface area contributed by atoms with E-state index in [0.29, 0.717) is 18.2 Å². The molecule has 1 saturated heterocycles. The molecule has 2 bridgehead atoms. The fourth-order valence-electron chi connectivity index (χ4n) is 12.6. The quantitative estimate of drug-likeness (QED) is 0.348. The monoisotopic (exact) mass is 628 g/mol. The first-order valence-electron chi connectivity index (χ1n) is 18.6. The number of carbonyl (C=O) groups is 1. The van der Waals surface area contributed by atoms with E-state index in [-0.39, 0.29) is 39.6 Å². The van der Waals surface area contributed by atoms with Crippen molar-refractivity contribution in [1.82, 2.24) is 4.90 Å². The number of hydrogen-bond donors (Lipinski definition) is 2. The summed E-state index contributed by atoms with van der Waals surface area (Å²) in [6, 6.07) is 8.28. The number of para-hydroxylation sites is 2. The number of aliphatic hydroxyl groups is 2. The minimum absolute atomic E-state index is 0.0359. The second-order valence-electron chi connectivity index (χ2n) is 16.9. The third-order valence-corrected chi connectivity index (χ3v) is 15.2. The molecule has 8 unspecified atom stereocenters. The Bertz CT molecular complexity index is 1430. The van der Waals surface area contributed by atoms with E-state index in [0.717, 1.165) is 114 Å². The number of nitrogens with zero attached hydrogens (tertiary/aromatic N) is 2. The van der Waals surface area contributed by atoms with Gasteiger partial charge < -0.3 is 19.8 Å². The zero-order valence-electron chi connectivity index (χ0n) is 28.5. The maximum atomic E-state index is 14.8. The van der Waals surface area contributed by atoms with E-state index < -0.39 is 5.60 Å². The molecule has 2 N–H and O–H groups in total. The summed E-state index contributed by atoms with van der Waals surface area (Å²) in [7, 11) is 1.74. The second kappa shape index (κ2) is 10.9. The lowest BCUT2D eigenvalue weighted by molar-refractivity contribution is -0.179. The van der Waals surface area contributed by atoms with Crippen molar-refractivity contribution in [3.8, 4) is 5.75 Å². The molecule has 7 aliphatic carbocycles. The number of methoxy groups -OCH3 is 1. The van der Waals surface area contributed by atoms with Gasteiger partial charge in [0.1, 0.15) is 5.75 Å². The van der Waals surface area contributed by atoms with Gasteiger partial charge in [0.15, 0.2) is 5.78 Å². The number of carbonyl (C=O) groups excluding carboxylic acids is 1. The first-order valence-corrected chi connectivity index (χ1v) is 18.6. The van der Waals surface area contributed by atoms with Crippen molar-refractivity contribution in [3.63, 3.8) is 0 Å². The van der Waals surface area contributed by atoms with E-state index in [4.69, 9.17) is 4.74 Å². The Balaban J connectivity index is 1.10. The molecule has 1 aliphatic heterocycles. The van der Waals surface area contributed by atoms with Crippen molar-refractivity contribution in [1.29, 1.82) is 0 Å². The largest absolute Gasteiger partial charge is 0.495 e. The zero-order valence-corrected chi connectivity index (χ0v) is 28.5. The lowest BCUT2D eigenvalue weighted by Crippen LogP contribution is -2.67. The summed E-state index contributed by atoms with van der Waals surface area (Å²) in [6.45, 7) is 9.26. The van der Waals surface area contributed by atoms with Gasteiger partial charge in [-0.05, 0) is 87.2 Å². The molecule has 1 aromatic carbocycles. The van der Waals surface area contributed by atoms with Crippen molar-refractivity contribution in [2.45, 2.75) is 103 Å². The number of aliphatic hydroxyl groups excluding tert-OH is 1. The summed E-state index contributed by atoms with van der Waals surface area (Å²) in [4.78, 5) is 19.7. The number of allylic oxidation sites excluding steroid dienone is 4. The maximum Gasteiger partial charge on any atom is 0.162 e. The molecule has 250 valence electrons. The zero-order chi connectivity index (χ0) is 32.0. The van der Waals surface area contributed by atoms with E-state index in [1.165, 1.54) is 6.42 Å². The van der Waals surface area contributed by atoms with Gasteiger partial charge in [0, 0.05) is 60.5 Å². The highest BCUT2D eigenvalue weighted by Crippen LogP contribution is 2.78. The van der Waals surface area contributed by atoms with Crippen molar-refractivity contribution in [2.24, 2.45) is 39.4 Å². The predicted molar refractivity (Wildman–Crippen MR) is 182 cm³/mol. The van der Waals surface area contributed by atoms with Crippen LogP contribution in [0.4, 0.5) is 5.69 Å². The number of rotatable bonds is 6. The Labute approximate surface area is 276 Å². The Kier molecular flexibility index (Phi) is 7.40. The van der Waals surface area contributed by atoms with Gasteiger partial charge in [-0.1, -0.05) is 63.5 Å². The van der Waals surface area contributed by atoms with Crippen molar-refractivity contribution < 1.29 is 19.7 Å². The average Bonchev–Trinajstić information content (AvgIpc) is 3.34. The molecule has 6 heteroatoms. The number of benzene rings is 1. The Hall–Kier alpha value is -2.15. The fraction of sp³-hybridized carbons (Fsp3) is 0.725. The van der Waals surface area contributed by atoms with Crippen LogP contribution in [-0.4, -0.2) is 72.4 Å². The van der Waals surface area contributed by atoms with Gasteiger partial charge >= 0.3 is 0 Å². The molecule has 0 radical (unpaired) electrons. The minimum Gasteiger partial charge on any atom is -0.495 e. The molecule has 9 rings (SSSR count). The Morgan fingerprint density at radius 2 is 1.59 bits per heavy atom. The van der Waals surface area contributed by atoms with Gasteiger partial charge in [-0.3, -0.25) is 9.69 Å². The molecule has 4 saturated carbocycles. The Morgan fingerprint density at radius 3 is 2.35 bits per heavy atom. The summed E-state index contributed by atoms with van der Waals surface area (Å²) in [6.07, 6.45) is 19.1. The van der Waals surface area contributed by atoms with Crippen LogP contribution in [0.1, 0.15) is 90.9 Å². The predicted octanol–water partition coefficient (Wildman–Crippen LogP) is 6.56. The Morgan fingerprint density at radius 1 is 0.891 bits per heavy atom. The molecular formula is C40H56N2O4. The lowest BCUT2D eigenvalue weighted by Gasteiger charge is -2.71. The van der Waals surface area contributed by atoms with Crippen LogP contribution >= 0.6 is 0 Å². The normalized spacial score (nSPS) is 43.9. The first kappa shape index (κ1) is 31.1. The lowest BCUT2D eigenvalue weighted by atomic mass is 9.32. The average molecular weight is 629 g/mol. The van der Waals surface area contributed by atoms with Gasteiger partial charge in [-0.25, -0.2) is 0 Å². The standard InChI is InChI=1S/C40H56N2O4/c1-36-16-13-29(43)25-38(36)19-20-40(30(26-38)35(44)28-9-5-4-6-10-28)33(36)14-17-37(2)34(40)15-18-39(37,45)27-41-21-23-42(24-22-41)31-11-7-8-12-32(31)46-3/h7-8,11-12,19-20,26,28-29,33-34,43,45H,4-6,9-10,13-18,21-25,27H2,1-3H3. The van der Waals surface area contributed by atoms with E-state index in [9.17, 15) is 15.0 Å². The van der Waals surface area contributed by atoms with E-state index in [1.807, 2.05) is 12.1 Å². The molecule has 8 atom stereocenters. The van der Waals surface area contributed by atoms with Crippen LogP contribution < -0.4 is 9.64 Å². The SMILES string of the molecule is COc1ccccc1N1CCN(CC2(O)CCC3C45C=CC6(C=C4C(=O)C4CCCCC4)CC(O)CCC6(C)C5CCC32C)CC1. The molecule has 6 nitrogen and oxygen atoms in total. The summed E-state index contributed by atoms with van der Waals surface area (Å²) in [5, 5.41) is 23.8. The number of β-amino-alcohol motifs (C(OH)–C–C–N with tert-alkyl or cyclic N) is 1. The molecule has 2 spiro atoms. The van der Waals surface area contributed by atoms with Crippen molar-refractivity contribution >= 4 is 11.5 Å². The number of piperazine rings is 1. The molecule has 0 amide bonds. The van der Waals surface area contributed by atoms with E-state index >= 15 is 0 Å². The minimum atomic E-state index is -0.785. The number of ether oxygens (including phenoxy) is 1. The van der Waals surface area contributed by atoms with Crippen molar-refractivity contribution in [2.75, 3.05) is 44.7 Å². The van der Waals surface area contributed by atoms with Crippen LogP contribution in [0.25, 0.3) is 0 Å². The summed E-state index contributed by atoms with van der Waals surface area (Å²) >= 11 is 0. The molecule has 8 aliphatic rings. The van der Waals surface area contributed by atoms with Gasteiger partial charge in [-0.15, -0.1) is 0 Å². The summed E-state index contributed by atoms with van der Waals surface area (Å²) < 4.78 is 5.66. The number of anilines is 1. The molecule has 5 fully saturated rings. The number of fused-ring (bicyclic) bond motifs is 1. The number of hydrogen-bond acceptors (Lipinski definition) is 6. The van der Waals surface area contributed by atoms with Gasteiger partial charge in [0.25, 0.3) is 0 Å². The van der Waals surface area contributed by atoms with Crippen molar-refractivity contribution in [3.05, 3.63) is 48.1 Å². The highest BCUT2D eigenvalue weighted by Gasteiger charge is 2.74. The van der Waals surface area contributed by atoms with E-state index in [1.54, 1.807) is 7.11 Å². The van der Waals surface area contributed by atoms with Gasteiger partial charge in [0.2, 0.25) is 0 Å². The smallest absolute Gasteiger partial charge is 0.162 e. The third kappa shape index (κ3) is 4.21. The molecule has 1 heterocycles. The third-order valence-electron chi connectivity index (χ3n) is 15.2. The highest BCUT2D eigenvalue weighted by molar-refractivity contribution is 6.00. The van der Waals surface area contributed by atoms with Crippen LogP contribution in [-0.2, 0) is 4.79 Å². The molecule has 46 heavy (non-hydrogen) atoms. The van der Waals surface area contributed by atoms with Crippen LogP contribution in [0.2, 0.25) is 0 Å². The van der Waals surface area contributed by atoms with E-state index in [2.05, 4.69) is 54.0 Å². The highest BCUT2D eigenvalue weighted by atomic mass is 16.5. The fourth-order valence-corrected chi connectivity index (χ4v) is 12.6. The van der Waals surface area contributed by atoms with Crippen LogP contribution in [0.5, 0.6) is 5.75 Å². The molecule has 0 aromatic heterocycles. The number of ketones is 1. The second-order valence-corrected chi connectivity index (χ2v) is 16.9. The van der Waals surface area contributed by atoms with Gasteiger partial charge in [-0.2, -0.15) is 0 Å². The van der Waals surface area contributed by atoms with Gasteiger partial charge in [0.05, 0.1) is 24.5 Å². The van der Waals surface area contributed by atoms with Crippen LogP contribution in [0.3, 0.4) is 0 Å². The maximum absolute atomic E-state index is 14.8. The summed E-state index contributed by atoms with van der Waals surface area (Å²) in [5.41, 5.74) is 0.677. The molecule has 1 aromatic rings. The topological polar surface area (TPSA) is 73.2 Å². The first-order chi connectivity index (χ1) is 22.1. The van der Waals surface area contributed by atoms with Crippen LogP contribution in [0.15, 0.2) is 48.1 Å².